The molecule has 0 aliphatic heterocycles. The third-order valence-corrected chi connectivity index (χ3v) is 3.34. The van der Waals surface area contributed by atoms with Crippen LogP contribution in [0.1, 0.15) is 37.4 Å². The highest BCUT2D eigenvalue weighted by molar-refractivity contribution is 5.43. The molecule has 3 heteroatoms. The maximum Gasteiger partial charge on any atom is 0.124 e. The average Bonchev–Trinajstić information content (AvgIpc) is 2.36. The second-order valence-electron chi connectivity index (χ2n) is 4.29. The molecular formula is C11H19N3. The first-order chi connectivity index (χ1) is 6.72. The molecule has 0 atom stereocenters. The summed E-state index contributed by atoms with van der Waals surface area (Å²) in [6.07, 6.45) is 6.28. The Hall–Kier alpha value is -0.990. The van der Waals surface area contributed by atoms with E-state index in [9.17, 15) is 0 Å². The summed E-state index contributed by atoms with van der Waals surface area (Å²) >= 11 is 0. The maximum absolute atomic E-state index is 5.95. The molecular weight excluding hydrogens is 174 g/mol. The smallest absolute Gasteiger partial charge is 0.124 e. The van der Waals surface area contributed by atoms with E-state index in [0.717, 1.165) is 24.6 Å². The lowest BCUT2D eigenvalue weighted by molar-refractivity contribution is 0.311. The van der Waals surface area contributed by atoms with Crippen molar-refractivity contribution in [3.63, 3.8) is 0 Å². The predicted octanol–water partition coefficient (Wildman–Crippen LogP) is 1.91. The van der Waals surface area contributed by atoms with E-state index in [1.54, 1.807) is 0 Å². The lowest BCUT2D eigenvalue weighted by Gasteiger charge is -2.24. The van der Waals surface area contributed by atoms with Crippen molar-refractivity contribution in [1.82, 2.24) is 9.78 Å². The predicted molar refractivity (Wildman–Crippen MR) is 58.0 cm³/mol. The van der Waals surface area contributed by atoms with Gasteiger partial charge in [-0.3, -0.25) is 4.68 Å². The number of nitrogen functional groups attached to an aromatic ring is 1. The van der Waals surface area contributed by atoms with Crippen LogP contribution >= 0.6 is 0 Å². The van der Waals surface area contributed by atoms with Crippen LogP contribution in [-0.4, -0.2) is 9.78 Å². The van der Waals surface area contributed by atoms with Gasteiger partial charge in [0.05, 0.1) is 5.69 Å². The van der Waals surface area contributed by atoms with Gasteiger partial charge in [-0.25, -0.2) is 0 Å². The van der Waals surface area contributed by atoms with E-state index >= 15 is 0 Å². The van der Waals surface area contributed by atoms with Crippen molar-refractivity contribution < 1.29 is 0 Å². The van der Waals surface area contributed by atoms with Crippen LogP contribution in [-0.2, 0) is 19.9 Å². The Kier molecular flexibility index (Phi) is 2.48. The maximum atomic E-state index is 5.95. The van der Waals surface area contributed by atoms with E-state index in [-0.39, 0.29) is 0 Å². The van der Waals surface area contributed by atoms with Crippen molar-refractivity contribution in [2.24, 2.45) is 13.0 Å². The van der Waals surface area contributed by atoms with Crippen LogP contribution in [0.25, 0.3) is 0 Å². The van der Waals surface area contributed by atoms with Gasteiger partial charge in [0.25, 0.3) is 0 Å². The molecule has 3 nitrogen and oxygen atoms in total. The van der Waals surface area contributed by atoms with Gasteiger partial charge in [0.2, 0.25) is 0 Å². The molecule has 1 aliphatic carbocycles. The second kappa shape index (κ2) is 3.64. The van der Waals surface area contributed by atoms with Crippen LogP contribution in [0, 0.1) is 5.92 Å². The van der Waals surface area contributed by atoms with Gasteiger partial charge in [0.1, 0.15) is 5.82 Å². The molecule has 14 heavy (non-hydrogen) atoms. The minimum absolute atomic E-state index is 0.849. The molecule has 78 valence electrons. The Balaban J connectivity index is 2.18. The van der Waals surface area contributed by atoms with Crippen LogP contribution < -0.4 is 5.73 Å². The molecule has 0 unspecified atom stereocenters. The van der Waals surface area contributed by atoms with E-state index in [4.69, 9.17) is 5.73 Å². The van der Waals surface area contributed by atoms with E-state index in [0.29, 0.717) is 0 Å². The Morgan fingerprint density at radius 2 is 2.21 bits per heavy atom. The topological polar surface area (TPSA) is 43.8 Å². The first-order valence-electron chi connectivity index (χ1n) is 5.52. The van der Waals surface area contributed by atoms with Gasteiger partial charge in [-0.05, 0) is 18.8 Å². The Morgan fingerprint density at radius 1 is 1.50 bits per heavy atom. The fourth-order valence-corrected chi connectivity index (χ4v) is 2.16. The quantitative estimate of drug-likeness (QED) is 0.797. The molecule has 1 aromatic rings. The van der Waals surface area contributed by atoms with Crippen molar-refractivity contribution in [3.05, 3.63) is 11.3 Å². The molecule has 0 saturated heterocycles. The van der Waals surface area contributed by atoms with Crippen molar-refractivity contribution >= 4 is 5.82 Å². The molecule has 1 aromatic heterocycles. The molecule has 1 aliphatic rings. The summed E-state index contributed by atoms with van der Waals surface area (Å²) in [5, 5.41) is 4.49. The fraction of sp³-hybridized carbons (Fsp3) is 0.727. The van der Waals surface area contributed by atoms with Gasteiger partial charge >= 0.3 is 0 Å². The molecule has 2 rings (SSSR count). The number of hydrogen-bond acceptors (Lipinski definition) is 2. The number of rotatable bonds is 3. The summed E-state index contributed by atoms with van der Waals surface area (Å²) in [6.45, 7) is 2.15. The van der Waals surface area contributed by atoms with E-state index in [1.807, 2.05) is 11.7 Å². The number of hydrogen-bond donors (Lipinski definition) is 1. The third-order valence-electron chi connectivity index (χ3n) is 3.34. The highest BCUT2D eigenvalue weighted by Gasteiger charge is 2.21. The van der Waals surface area contributed by atoms with Crippen molar-refractivity contribution in [1.29, 1.82) is 0 Å². The number of anilines is 1. The highest BCUT2D eigenvalue weighted by atomic mass is 15.3. The van der Waals surface area contributed by atoms with Crippen molar-refractivity contribution in [3.8, 4) is 0 Å². The zero-order valence-corrected chi connectivity index (χ0v) is 9.08. The normalized spacial score (nSPS) is 17.0. The average molecular weight is 193 g/mol. The number of nitrogens with zero attached hydrogens (tertiary/aromatic N) is 2. The zero-order valence-electron chi connectivity index (χ0n) is 9.08. The zero-order chi connectivity index (χ0) is 10.1. The number of aromatic nitrogens is 2. The standard InChI is InChI=1S/C11H19N3/c1-3-9-10(7-8-5-4-6-8)13-14(2)11(9)12/h8H,3-7,12H2,1-2H3. The van der Waals surface area contributed by atoms with Gasteiger partial charge in [0.15, 0.2) is 0 Å². The fourth-order valence-electron chi connectivity index (χ4n) is 2.16. The van der Waals surface area contributed by atoms with Crippen LogP contribution in [0.5, 0.6) is 0 Å². The SMILES string of the molecule is CCc1c(CC2CCC2)nn(C)c1N. The van der Waals surface area contributed by atoms with Gasteiger partial charge < -0.3 is 5.73 Å². The summed E-state index contributed by atoms with van der Waals surface area (Å²) in [7, 11) is 1.93. The highest BCUT2D eigenvalue weighted by Crippen LogP contribution is 2.31. The second-order valence-corrected chi connectivity index (χ2v) is 4.29. The van der Waals surface area contributed by atoms with Crippen LogP contribution in [0.2, 0.25) is 0 Å². The first-order valence-corrected chi connectivity index (χ1v) is 5.52. The summed E-state index contributed by atoms with van der Waals surface area (Å²) in [6, 6.07) is 0. The molecule has 1 heterocycles. The molecule has 1 saturated carbocycles. The van der Waals surface area contributed by atoms with Gasteiger partial charge in [-0.2, -0.15) is 5.10 Å². The first kappa shape index (κ1) is 9.56. The Morgan fingerprint density at radius 3 is 2.71 bits per heavy atom. The largest absolute Gasteiger partial charge is 0.384 e. The molecule has 0 bridgehead atoms. The third kappa shape index (κ3) is 1.51. The lowest BCUT2D eigenvalue weighted by atomic mass is 9.81. The van der Waals surface area contributed by atoms with E-state index < -0.39 is 0 Å². The van der Waals surface area contributed by atoms with E-state index in [1.165, 1.54) is 30.5 Å². The Labute approximate surface area is 85.3 Å². The lowest BCUT2D eigenvalue weighted by Crippen LogP contribution is -2.14. The van der Waals surface area contributed by atoms with Gasteiger partial charge in [-0.15, -0.1) is 0 Å². The summed E-state index contributed by atoms with van der Waals surface area (Å²) in [5.41, 5.74) is 8.45. The molecule has 1 fully saturated rings. The summed E-state index contributed by atoms with van der Waals surface area (Å²) in [5.74, 6) is 1.72. The van der Waals surface area contributed by atoms with Crippen LogP contribution in [0.15, 0.2) is 0 Å². The molecule has 2 N–H and O–H groups in total. The summed E-state index contributed by atoms with van der Waals surface area (Å²) in [4.78, 5) is 0. The number of aryl methyl sites for hydroxylation is 1. The van der Waals surface area contributed by atoms with E-state index in [2.05, 4.69) is 12.0 Å². The molecule has 0 radical (unpaired) electrons. The Bertz CT molecular complexity index is 324. The molecule has 0 amide bonds. The molecule has 0 aromatic carbocycles. The minimum atomic E-state index is 0.849. The van der Waals surface area contributed by atoms with Crippen molar-refractivity contribution in [2.75, 3.05) is 5.73 Å². The van der Waals surface area contributed by atoms with Crippen molar-refractivity contribution in [2.45, 2.75) is 39.0 Å². The van der Waals surface area contributed by atoms with Crippen LogP contribution in [0.3, 0.4) is 0 Å². The van der Waals surface area contributed by atoms with Gasteiger partial charge in [0, 0.05) is 12.6 Å². The monoisotopic (exact) mass is 193 g/mol. The van der Waals surface area contributed by atoms with Crippen LogP contribution in [0.4, 0.5) is 5.82 Å². The number of nitrogens with two attached hydrogens (primary N) is 1. The minimum Gasteiger partial charge on any atom is -0.384 e. The summed E-state index contributed by atoms with van der Waals surface area (Å²) < 4.78 is 1.81. The molecule has 0 spiro atoms. The van der Waals surface area contributed by atoms with Gasteiger partial charge in [-0.1, -0.05) is 26.2 Å².